The lowest BCUT2D eigenvalue weighted by molar-refractivity contribution is -0.148. The largest absolute Gasteiger partial charge is 0.481 e. The fraction of sp³-hybridized carbons (Fsp3) is 0.308. The van der Waals surface area contributed by atoms with E-state index in [2.05, 4.69) is 21.4 Å². The summed E-state index contributed by atoms with van der Waals surface area (Å²) < 4.78 is 28.3. The average Bonchev–Trinajstić information content (AvgIpc) is 3.28. The summed E-state index contributed by atoms with van der Waals surface area (Å²) in [5.74, 6) is -1.82. The molecule has 0 amide bonds. The molecule has 0 spiro atoms. The van der Waals surface area contributed by atoms with E-state index in [1.165, 1.54) is 12.3 Å². The molecular weight excluding hydrogens is 452 g/mol. The highest BCUT2D eigenvalue weighted by Gasteiger charge is 2.47. The highest BCUT2D eigenvalue weighted by Crippen LogP contribution is 2.46. The zero-order valence-corrected chi connectivity index (χ0v) is 18.6. The van der Waals surface area contributed by atoms with E-state index in [9.17, 15) is 23.9 Å². The van der Waals surface area contributed by atoms with Crippen molar-refractivity contribution in [3.63, 3.8) is 0 Å². The molecule has 2 atom stereocenters. The Labute approximate surface area is 198 Å². The predicted molar refractivity (Wildman–Crippen MR) is 125 cm³/mol. The van der Waals surface area contributed by atoms with Gasteiger partial charge in [-0.3, -0.25) is 4.79 Å². The van der Waals surface area contributed by atoms with Gasteiger partial charge in [-0.15, -0.1) is 0 Å². The molecule has 3 N–H and O–H groups in total. The Kier molecular flexibility index (Phi) is 4.92. The number of carbonyl (C=O) groups is 1. The first-order valence-corrected chi connectivity index (χ1v) is 11.6. The Hall–Kier alpha value is -4.06. The molecule has 9 heteroatoms. The Morgan fingerprint density at radius 2 is 1.86 bits per heavy atom. The number of rotatable bonds is 4. The third-order valence-electron chi connectivity index (χ3n) is 7.58. The third-order valence-corrected chi connectivity index (χ3v) is 7.58. The van der Waals surface area contributed by atoms with E-state index >= 15 is 0 Å². The molecular formula is C26H21F2N5O2. The quantitative estimate of drug-likeness (QED) is 0.374. The maximum atomic E-state index is 14.3. The predicted octanol–water partition coefficient (Wildman–Crippen LogP) is 5.23. The molecule has 3 aliphatic carbocycles. The summed E-state index contributed by atoms with van der Waals surface area (Å²) in [7, 11) is 0. The number of aliphatic carboxylic acids is 1. The summed E-state index contributed by atoms with van der Waals surface area (Å²) in [6.45, 7) is 0. The van der Waals surface area contributed by atoms with E-state index in [1.807, 2.05) is 0 Å². The van der Waals surface area contributed by atoms with Gasteiger partial charge in [-0.1, -0.05) is 0 Å². The van der Waals surface area contributed by atoms with Crippen LogP contribution in [-0.4, -0.2) is 32.1 Å². The molecule has 35 heavy (non-hydrogen) atoms. The summed E-state index contributed by atoms with van der Waals surface area (Å²) in [5.41, 5.74) is 1.53. The van der Waals surface area contributed by atoms with Gasteiger partial charge in [-0.25, -0.2) is 18.7 Å². The lowest BCUT2D eigenvalue weighted by Crippen LogP contribution is -2.51. The first-order chi connectivity index (χ1) is 16.9. The van der Waals surface area contributed by atoms with Crippen LogP contribution in [-0.2, 0) is 4.79 Å². The molecule has 0 saturated heterocycles. The number of benzene rings is 2. The summed E-state index contributed by atoms with van der Waals surface area (Å²) in [6, 6.07) is 8.85. The lowest BCUT2D eigenvalue weighted by atomic mass is 9.61. The second-order valence-electron chi connectivity index (χ2n) is 9.46. The molecule has 2 aromatic heterocycles. The third kappa shape index (κ3) is 3.48. The monoisotopic (exact) mass is 473 g/mol. The van der Waals surface area contributed by atoms with Crippen molar-refractivity contribution in [2.75, 3.05) is 5.32 Å². The number of carboxylic acids is 1. The topological polar surface area (TPSA) is 115 Å². The van der Waals surface area contributed by atoms with Crippen LogP contribution in [0.4, 0.5) is 14.6 Å². The maximum absolute atomic E-state index is 14.3. The number of nitriles is 1. The summed E-state index contributed by atoms with van der Waals surface area (Å²) in [4.78, 5) is 24.3. The van der Waals surface area contributed by atoms with Gasteiger partial charge < -0.3 is 15.4 Å². The van der Waals surface area contributed by atoms with Crippen molar-refractivity contribution >= 4 is 33.6 Å². The van der Waals surface area contributed by atoms with Gasteiger partial charge in [0.05, 0.1) is 28.6 Å². The number of hydrogen-bond acceptors (Lipinski definition) is 5. The van der Waals surface area contributed by atoms with Crippen LogP contribution < -0.4 is 5.32 Å². The normalized spacial score (nSPS) is 23.5. The minimum absolute atomic E-state index is 0.108. The first kappa shape index (κ1) is 21.5. The van der Waals surface area contributed by atoms with Crippen molar-refractivity contribution in [2.45, 2.75) is 31.7 Å². The Balaban J connectivity index is 1.52. The van der Waals surface area contributed by atoms with Crippen LogP contribution in [0.5, 0.6) is 0 Å². The molecule has 3 fully saturated rings. The van der Waals surface area contributed by atoms with Crippen LogP contribution in [0.25, 0.3) is 33.2 Å². The van der Waals surface area contributed by atoms with Crippen LogP contribution >= 0.6 is 0 Å². The van der Waals surface area contributed by atoms with E-state index in [0.717, 1.165) is 31.7 Å². The number of nitrogens with zero attached hydrogens (tertiary/aromatic N) is 3. The minimum Gasteiger partial charge on any atom is -0.481 e. The first-order valence-electron chi connectivity index (χ1n) is 11.6. The zero-order valence-electron chi connectivity index (χ0n) is 18.6. The molecule has 3 aliphatic rings. The molecule has 2 aromatic carbocycles. The van der Waals surface area contributed by atoms with Gasteiger partial charge in [0.2, 0.25) is 0 Å². The molecule has 2 bridgehead atoms. The van der Waals surface area contributed by atoms with E-state index < -0.39 is 23.5 Å². The van der Waals surface area contributed by atoms with Crippen LogP contribution in [0.15, 0.2) is 36.5 Å². The van der Waals surface area contributed by atoms with Gasteiger partial charge in [-0.2, -0.15) is 5.26 Å². The molecule has 3 saturated carbocycles. The molecule has 0 radical (unpaired) electrons. The number of carboxylic acid groups (broad SMARTS) is 1. The van der Waals surface area contributed by atoms with Gasteiger partial charge in [0.1, 0.15) is 17.5 Å². The van der Waals surface area contributed by atoms with Gasteiger partial charge >= 0.3 is 5.97 Å². The Morgan fingerprint density at radius 1 is 1.09 bits per heavy atom. The molecule has 2 heterocycles. The molecule has 176 valence electrons. The number of anilines is 1. The van der Waals surface area contributed by atoms with E-state index in [1.54, 1.807) is 18.2 Å². The number of nitrogens with one attached hydrogen (secondary N) is 2. The fourth-order valence-corrected chi connectivity index (χ4v) is 5.94. The number of aromatic nitrogens is 3. The SMILES string of the molecule is N#Cc1ccc2nc(-c3c[nH]c4c(F)cc(F)cc34)nc(N[C@@H]3C4CCC(CC4)[C@H]3C(=O)O)c2c1. The van der Waals surface area contributed by atoms with Gasteiger partial charge in [0.25, 0.3) is 0 Å². The molecule has 7 nitrogen and oxygen atoms in total. The van der Waals surface area contributed by atoms with Crippen LogP contribution in [0, 0.1) is 40.7 Å². The fourth-order valence-electron chi connectivity index (χ4n) is 5.94. The Bertz CT molecular complexity index is 1530. The smallest absolute Gasteiger partial charge is 0.308 e. The Morgan fingerprint density at radius 3 is 2.60 bits per heavy atom. The van der Waals surface area contributed by atoms with Crippen molar-refractivity contribution in [3.8, 4) is 17.5 Å². The van der Waals surface area contributed by atoms with E-state index in [-0.39, 0.29) is 29.2 Å². The number of H-pyrrole nitrogens is 1. The lowest BCUT2D eigenvalue weighted by Gasteiger charge is -2.47. The zero-order chi connectivity index (χ0) is 24.3. The van der Waals surface area contributed by atoms with E-state index in [4.69, 9.17) is 4.98 Å². The highest BCUT2D eigenvalue weighted by atomic mass is 19.1. The van der Waals surface area contributed by atoms with Crippen molar-refractivity contribution in [3.05, 3.63) is 53.7 Å². The van der Waals surface area contributed by atoms with Gasteiger partial charge in [0, 0.05) is 34.6 Å². The molecule has 0 aliphatic heterocycles. The average molecular weight is 473 g/mol. The summed E-state index contributed by atoms with van der Waals surface area (Å²) in [6.07, 6.45) is 5.24. The second kappa shape index (κ2) is 8.01. The molecule has 0 unspecified atom stereocenters. The number of aromatic amines is 1. The van der Waals surface area contributed by atoms with Crippen molar-refractivity contribution < 1.29 is 18.7 Å². The van der Waals surface area contributed by atoms with Crippen molar-refractivity contribution in [2.24, 2.45) is 17.8 Å². The van der Waals surface area contributed by atoms with Gasteiger partial charge in [-0.05, 0) is 61.8 Å². The molecule has 7 rings (SSSR count). The van der Waals surface area contributed by atoms with Crippen molar-refractivity contribution in [1.29, 1.82) is 5.26 Å². The number of halogens is 2. The summed E-state index contributed by atoms with van der Waals surface area (Å²) in [5, 5.41) is 23.7. The standard InChI is InChI=1S/C26H21F2N5O2/c27-15-8-16-18(11-30-23(16)19(28)9-15)25-31-20-6-1-12(10-29)7-17(20)24(33-25)32-22-14-4-2-13(3-5-14)21(22)26(34)35/h1,6-9,11,13-14,21-22,30H,2-5H2,(H,34,35)(H,31,32,33)/t13?,14?,21-,22-/m1/s1. The summed E-state index contributed by atoms with van der Waals surface area (Å²) >= 11 is 0. The highest BCUT2D eigenvalue weighted by molar-refractivity contribution is 5.97. The van der Waals surface area contributed by atoms with Crippen LogP contribution in [0.1, 0.15) is 31.2 Å². The van der Waals surface area contributed by atoms with Crippen molar-refractivity contribution in [1.82, 2.24) is 15.0 Å². The minimum atomic E-state index is -0.823. The second-order valence-corrected chi connectivity index (χ2v) is 9.46. The van der Waals surface area contributed by atoms with Crippen LogP contribution in [0.3, 0.4) is 0 Å². The van der Waals surface area contributed by atoms with Gasteiger partial charge in [0.15, 0.2) is 5.82 Å². The van der Waals surface area contributed by atoms with Crippen LogP contribution in [0.2, 0.25) is 0 Å². The number of hydrogen-bond donors (Lipinski definition) is 3. The number of fused-ring (bicyclic) bond motifs is 5. The molecule has 4 aromatic rings. The maximum Gasteiger partial charge on any atom is 0.308 e. The van der Waals surface area contributed by atoms with E-state index in [0.29, 0.717) is 33.2 Å².